The Morgan fingerprint density at radius 2 is 1.75 bits per heavy atom. The molecular formula is C11H21NO4. The van der Waals surface area contributed by atoms with Crippen LogP contribution in [0.4, 0.5) is 0 Å². The van der Waals surface area contributed by atoms with Crippen LogP contribution in [0.25, 0.3) is 0 Å². The molecule has 0 unspecified atom stereocenters. The maximum absolute atomic E-state index is 11.7. The second-order valence-electron chi connectivity index (χ2n) is 4.05. The summed E-state index contributed by atoms with van der Waals surface area (Å²) in [6, 6.07) is -0.0534. The van der Waals surface area contributed by atoms with Gasteiger partial charge in [-0.2, -0.15) is 0 Å². The molecule has 0 fully saturated rings. The van der Waals surface area contributed by atoms with E-state index in [0.717, 1.165) is 0 Å². The first-order chi connectivity index (χ1) is 7.38. The minimum atomic E-state index is -0.424. The van der Waals surface area contributed by atoms with E-state index < -0.39 is 5.97 Å². The molecule has 0 N–H and O–H groups in total. The number of carbonyl (C=O) groups excluding carboxylic acids is 2. The molecule has 0 aromatic carbocycles. The third kappa shape index (κ3) is 5.70. The van der Waals surface area contributed by atoms with Crippen LogP contribution in [0.3, 0.4) is 0 Å². The van der Waals surface area contributed by atoms with Crippen molar-refractivity contribution >= 4 is 11.9 Å². The summed E-state index contributed by atoms with van der Waals surface area (Å²) in [5.41, 5.74) is 0. The first kappa shape index (κ1) is 14.9. The van der Waals surface area contributed by atoms with Gasteiger partial charge in [0.15, 0.2) is 0 Å². The molecule has 16 heavy (non-hydrogen) atoms. The van der Waals surface area contributed by atoms with E-state index >= 15 is 0 Å². The number of hydrogen-bond donors (Lipinski definition) is 0. The Hall–Kier alpha value is -1.10. The van der Waals surface area contributed by atoms with Gasteiger partial charge in [0.25, 0.3) is 0 Å². The van der Waals surface area contributed by atoms with Crippen LogP contribution in [0.1, 0.15) is 27.7 Å². The largest absolute Gasteiger partial charge is 0.468 e. The Morgan fingerprint density at radius 3 is 2.12 bits per heavy atom. The minimum absolute atomic E-state index is 0.00362. The van der Waals surface area contributed by atoms with Crippen LogP contribution in [-0.4, -0.2) is 49.2 Å². The lowest BCUT2D eigenvalue weighted by atomic mass is 10.3. The molecule has 0 aromatic heterocycles. The molecule has 0 radical (unpaired) electrons. The number of rotatable bonds is 6. The summed E-state index contributed by atoms with van der Waals surface area (Å²) in [4.78, 5) is 24.3. The van der Waals surface area contributed by atoms with Crippen LogP contribution < -0.4 is 0 Å². The smallest absolute Gasteiger partial charge is 0.325 e. The zero-order valence-corrected chi connectivity index (χ0v) is 10.6. The molecule has 0 aliphatic rings. The number of ether oxygens (including phenoxy) is 2. The summed E-state index contributed by atoms with van der Waals surface area (Å²) in [7, 11) is 1.30. The Morgan fingerprint density at radius 1 is 1.19 bits per heavy atom. The number of nitrogens with zero attached hydrogens (tertiary/aromatic N) is 1. The highest BCUT2D eigenvalue weighted by Crippen LogP contribution is 2.01. The summed E-state index contributed by atoms with van der Waals surface area (Å²) < 4.78 is 9.74. The monoisotopic (exact) mass is 231 g/mol. The lowest BCUT2D eigenvalue weighted by molar-refractivity contribution is -0.150. The zero-order chi connectivity index (χ0) is 12.7. The van der Waals surface area contributed by atoms with Gasteiger partial charge in [-0.1, -0.05) is 0 Å². The maximum Gasteiger partial charge on any atom is 0.325 e. The SMILES string of the molecule is COC(=O)CN(C(=O)COC(C)C)C(C)C. The van der Waals surface area contributed by atoms with Gasteiger partial charge in [-0.25, -0.2) is 0 Å². The van der Waals surface area contributed by atoms with Crippen molar-refractivity contribution in [3.8, 4) is 0 Å². The molecule has 0 aliphatic carbocycles. The highest BCUT2D eigenvalue weighted by Gasteiger charge is 2.20. The fourth-order valence-electron chi connectivity index (χ4n) is 1.08. The number of carbonyl (C=O) groups is 2. The molecule has 94 valence electrons. The average Bonchev–Trinajstić information content (AvgIpc) is 2.21. The topological polar surface area (TPSA) is 55.8 Å². The number of hydrogen-bond acceptors (Lipinski definition) is 4. The summed E-state index contributed by atoms with van der Waals surface area (Å²) in [5.74, 6) is -0.624. The second-order valence-corrected chi connectivity index (χ2v) is 4.05. The Labute approximate surface area is 96.7 Å². The Bertz CT molecular complexity index is 238. The van der Waals surface area contributed by atoms with E-state index in [9.17, 15) is 9.59 Å². The minimum Gasteiger partial charge on any atom is -0.468 e. The van der Waals surface area contributed by atoms with E-state index in [1.165, 1.54) is 12.0 Å². The van der Waals surface area contributed by atoms with Crippen LogP contribution in [-0.2, 0) is 19.1 Å². The fraction of sp³-hybridized carbons (Fsp3) is 0.818. The van der Waals surface area contributed by atoms with Gasteiger partial charge in [0.2, 0.25) is 5.91 Å². The van der Waals surface area contributed by atoms with Crippen LogP contribution in [0.2, 0.25) is 0 Å². The first-order valence-electron chi connectivity index (χ1n) is 5.36. The first-order valence-corrected chi connectivity index (χ1v) is 5.36. The Balaban J connectivity index is 4.30. The number of amides is 1. The van der Waals surface area contributed by atoms with Gasteiger partial charge < -0.3 is 14.4 Å². The zero-order valence-electron chi connectivity index (χ0n) is 10.6. The van der Waals surface area contributed by atoms with Crippen molar-refractivity contribution in [1.29, 1.82) is 0 Å². The third-order valence-corrected chi connectivity index (χ3v) is 2.01. The summed E-state index contributed by atoms with van der Waals surface area (Å²) >= 11 is 0. The molecule has 0 saturated carbocycles. The number of esters is 1. The maximum atomic E-state index is 11.7. The third-order valence-electron chi connectivity index (χ3n) is 2.01. The lowest BCUT2D eigenvalue weighted by Gasteiger charge is -2.25. The van der Waals surface area contributed by atoms with Gasteiger partial charge >= 0.3 is 5.97 Å². The molecule has 0 aromatic rings. The van der Waals surface area contributed by atoms with E-state index in [-0.39, 0.29) is 31.2 Å². The molecule has 0 saturated heterocycles. The molecule has 0 aliphatic heterocycles. The van der Waals surface area contributed by atoms with Crippen molar-refractivity contribution in [2.45, 2.75) is 39.8 Å². The average molecular weight is 231 g/mol. The van der Waals surface area contributed by atoms with E-state index in [0.29, 0.717) is 0 Å². The van der Waals surface area contributed by atoms with Crippen LogP contribution >= 0.6 is 0 Å². The lowest BCUT2D eigenvalue weighted by Crippen LogP contribution is -2.43. The predicted octanol–water partition coefficient (Wildman–Crippen LogP) is 0.821. The Kier molecular flexibility index (Phi) is 6.72. The summed E-state index contributed by atoms with van der Waals surface area (Å²) in [5, 5.41) is 0. The van der Waals surface area contributed by atoms with Crippen LogP contribution in [0, 0.1) is 0 Å². The van der Waals surface area contributed by atoms with E-state index in [1.54, 1.807) is 0 Å². The molecule has 0 spiro atoms. The van der Waals surface area contributed by atoms with Crippen molar-refractivity contribution in [2.24, 2.45) is 0 Å². The van der Waals surface area contributed by atoms with Crippen LogP contribution in [0.5, 0.6) is 0 Å². The normalized spacial score (nSPS) is 10.7. The van der Waals surface area contributed by atoms with E-state index in [4.69, 9.17) is 4.74 Å². The fourth-order valence-corrected chi connectivity index (χ4v) is 1.08. The second kappa shape index (κ2) is 7.22. The summed E-state index contributed by atoms with van der Waals surface area (Å²) in [6.07, 6.45) is -0.00362. The van der Waals surface area contributed by atoms with Gasteiger partial charge in [0.1, 0.15) is 13.2 Å². The molecule has 0 heterocycles. The van der Waals surface area contributed by atoms with Gasteiger partial charge in [-0.3, -0.25) is 9.59 Å². The van der Waals surface area contributed by atoms with Crippen LogP contribution in [0.15, 0.2) is 0 Å². The van der Waals surface area contributed by atoms with E-state index in [1.807, 2.05) is 27.7 Å². The van der Waals surface area contributed by atoms with Crippen molar-refractivity contribution in [3.05, 3.63) is 0 Å². The molecule has 5 nitrogen and oxygen atoms in total. The van der Waals surface area contributed by atoms with Crippen molar-refractivity contribution in [3.63, 3.8) is 0 Å². The molecule has 1 amide bonds. The highest BCUT2D eigenvalue weighted by molar-refractivity contribution is 5.83. The molecule has 5 heteroatoms. The van der Waals surface area contributed by atoms with Gasteiger partial charge in [0, 0.05) is 6.04 Å². The predicted molar refractivity (Wildman–Crippen MR) is 60.0 cm³/mol. The molecule has 0 atom stereocenters. The standard InChI is InChI=1S/C11H21NO4/c1-8(2)12(6-11(14)15-5)10(13)7-16-9(3)4/h8-9H,6-7H2,1-5H3. The van der Waals surface area contributed by atoms with Gasteiger partial charge in [-0.15, -0.1) is 0 Å². The van der Waals surface area contributed by atoms with E-state index in [2.05, 4.69) is 4.74 Å². The van der Waals surface area contributed by atoms with Crippen molar-refractivity contribution in [2.75, 3.05) is 20.3 Å². The van der Waals surface area contributed by atoms with Crippen molar-refractivity contribution < 1.29 is 19.1 Å². The highest BCUT2D eigenvalue weighted by atomic mass is 16.5. The number of methoxy groups -OCH3 is 1. The summed E-state index contributed by atoms with van der Waals surface area (Å²) in [6.45, 7) is 7.36. The quantitative estimate of drug-likeness (QED) is 0.635. The molecule has 0 rings (SSSR count). The molecular weight excluding hydrogens is 210 g/mol. The van der Waals surface area contributed by atoms with Crippen molar-refractivity contribution in [1.82, 2.24) is 4.90 Å². The van der Waals surface area contributed by atoms with Gasteiger partial charge in [-0.05, 0) is 27.7 Å². The molecule has 0 bridgehead atoms. The van der Waals surface area contributed by atoms with Gasteiger partial charge in [0.05, 0.1) is 13.2 Å².